The van der Waals surface area contributed by atoms with Crippen LogP contribution in [0.15, 0.2) is 47.4 Å². The van der Waals surface area contributed by atoms with Gasteiger partial charge in [0.05, 0.1) is 17.1 Å². The Balaban J connectivity index is 1.55. The van der Waals surface area contributed by atoms with Crippen LogP contribution in [-0.4, -0.2) is 31.1 Å². The molecule has 142 valence electrons. The average molecular weight is 366 g/mol. The van der Waals surface area contributed by atoms with E-state index in [0.717, 1.165) is 36.8 Å². The third kappa shape index (κ3) is 3.09. The highest BCUT2D eigenvalue weighted by Crippen LogP contribution is 2.31. The lowest BCUT2D eigenvalue weighted by Crippen LogP contribution is -2.39. The highest BCUT2D eigenvalue weighted by molar-refractivity contribution is 5.78. The van der Waals surface area contributed by atoms with E-state index in [1.165, 1.54) is 5.69 Å². The van der Waals surface area contributed by atoms with E-state index in [1.807, 2.05) is 48.5 Å². The highest BCUT2D eigenvalue weighted by atomic mass is 16.2. The van der Waals surface area contributed by atoms with Gasteiger partial charge < -0.3 is 9.47 Å². The van der Waals surface area contributed by atoms with Crippen molar-refractivity contribution >= 4 is 16.9 Å². The van der Waals surface area contributed by atoms with E-state index >= 15 is 0 Å². The zero-order valence-corrected chi connectivity index (χ0v) is 16.0. The van der Waals surface area contributed by atoms with Crippen molar-refractivity contribution in [1.82, 2.24) is 18.6 Å². The molecule has 6 nitrogen and oxygen atoms in total. The van der Waals surface area contributed by atoms with Gasteiger partial charge in [-0.05, 0) is 43.5 Å². The van der Waals surface area contributed by atoms with Crippen molar-refractivity contribution in [3.8, 4) is 0 Å². The number of rotatable bonds is 4. The minimum Gasteiger partial charge on any atom is -0.353 e. The number of imidazole rings is 1. The number of hydrogen-bond acceptors (Lipinski definition) is 2. The minimum absolute atomic E-state index is 0.0679. The van der Waals surface area contributed by atoms with Crippen molar-refractivity contribution in [2.75, 3.05) is 6.54 Å². The van der Waals surface area contributed by atoms with Crippen LogP contribution in [0.3, 0.4) is 0 Å². The standard InChI is InChI=1S/C21H26N4O2/c1-22-13-7-11-16(22)18-10-5-6-14-24(18)20(26)12-15-25-19-9-4-3-8-17(19)23(2)21(25)27/h3-4,7-9,11,13,18H,5-6,10,12,14-15H2,1-2H3. The Labute approximate surface area is 158 Å². The van der Waals surface area contributed by atoms with Crippen LogP contribution < -0.4 is 5.69 Å². The van der Waals surface area contributed by atoms with Crippen LogP contribution in [0, 0.1) is 0 Å². The van der Waals surface area contributed by atoms with Gasteiger partial charge in [-0.1, -0.05) is 12.1 Å². The van der Waals surface area contributed by atoms with Crippen molar-refractivity contribution in [1.29, 1.82) is 0 Å². The maximum Gasteiger partial charge on any atom is 0.328 e. The minimum atomic E-state index is -0.0679. The summed E-state index contributed by atoms with van der Waals surface area (Å²) in [7, 11) is 3.81. The Kier molecular flexibility index (Phi) is 4.64. The van der Waals surface area contributed by atoms with Gasteiger partial charge in [-0.3, -0.25) is 13.9 Å². The SMILES string of the molecule is Cn1cccc1C1CCCCN1C(=O)CCn1c(=O)n(C)c2ccccc21. The number of nitrogens with zero attached hydrogens (tertiary/aromatic N) is 4. The third-order valence-corrected chi connectivity index (χ3v) is 5.75. The molecule has 0 saturated carbocycles. The van der Waals surface area contributed by atoms with E-state index in [-0.39, 0.29) is 17.6 Å². The molecular formula is C21H26N4O2. The van der Waals surface area contributed by atoms with Crippen LogP contribution in [0.5, 0.6) is 0 Å². The highest BCUT2D eigenvalue weighted by Gasteiger charge is 2.29. The Hall–Kier alpha value is -2.76. The van der Waals surface area contributed by atoms with Crippen LogP contribution in [0.4, 0.5) is 0 Å². The third-order valence-electron chi connectivity index (χ3n) is 5.75. The van der Waals surface area contributed by atoms with Crippen LogP contribution in [0.25, 0.3) is 11.0 Å². The zero-order valence-electron chi connectivity index (χ0n) is 16.0. The van der Waals surface area contributed by atoms with Crippen LogP contribution >= 0.6 is 0 Å². The Bertz CT molecular complexity index is 1030. The number of fused-ring (bicyclic) bond motifs is 1. The van der Waals surface area contributed by atoms with Gasteiger partial charge in [-0.25, -0.2) is 4.79 Å². The van der Waals surface area contributed by atoms with Crippen molar-refractivity contribution in [2.24, 2.45) is 14.1 Å². The van der Waals surface area contributed by atoms with Gasteiger partial charge >= 0.3 is 5.69 Å². The number of amides is 1. The number of likely N-dealkylation sites (tertiary alicyclic amines) is 1. The normalized spacial score (nSPS) is 17.6. The fourth-order valence-corrected chi connectivity index (χ4v) is 4.29. The number of benzene rings is 1. The van der Waals surface area contributed by atoms with Crippen molar-refractivity contribution < 1.29 is 4.79 Å². The number of hydrogen-bond donors (Lipinski definition) is 0. The first-order valence-corrected chi connectivity index (χ1v) is 9.63. The summed E-state index contributed by atoms with van der Waals surface area (Å²) < 4.78 is 5.47. The largest absolute Gasteiger partial charge is 0.353 e. The monoisotopic (exact) mass is 366 g/mol. The molecule has 6 heteroatoms. The fourth-order valence-electron chi connectivity index (χ4n) is 4.29. The number of para-hydroxylation sites is 2. The molecule has 0 bridgehead atoms. The molecular weight excluding hydrogens is 340 g/mol. The lowest BCUT2D eigenvalue weighted by atomic mass is 9.98. The quantitative estimate of drug-likeness (QED) is 0.713. The maximum absolute atomic E-state index is 13.0. The first kappa shape index (κ1) is 17.6. The molecule has 0 spiro atoms. The summed E-state index contributed by atoms with van der Waals surface area (Å²) >= 11 is 0. The van der Waals surface area contributed by atoms with Crippen LogP contribution in [-0.2, 0) is 25.4 Å². The molecule has 1 atom stereocenters. The van der Waals surface area contributed by atoms with E-state index < -0.39 is 0 Å². The topological polar surface area (TPSA) is 52.2 Å². The predicted octanol–water partition coefficient (Wildman–Crippen LogP) is 2.82. The van der Waals surface area contributed by atoms with Gasteiger partial charge in [-0.15, -0.1) is 0 Å². The van der Waals surface area contributed by atoms with Gasteiger partial charge in [0, 0.05) is 45.5 Å². The summed E-state index contributed by atoms with van der Waals surface area (Å²) in [4.78, 5) is 27.6. The molecule has 4 rings (SSSR count). The number of aromatic nitrogens is 3. The second-order valence-electron chi connectivity index (χ2n) is 7.37. The molecule has 1 aliphatic heterocycles. The van der Waals surface area contributed by atoms with Crippen molar-refractivity contribution in [3.63, 3.8) is 0 Å². The summed E-state index contributed by atoms with van der Waals surface area (Å²) in [6.45, 7) is 1.20. The van der Waals surface area contributed by atoms with Crippen molar-refractivity contribution in [2.45, 2.75) is 38.3 Å². The molecule has 1 unspecified atom stereocenters. The van der Waals surface area contributed by atoms with Gasteiger partial charge in [0.15, 0.2) is 0 Å². The Morgan fingerprint density at radius 3 is 2.59 bits per heavy atom. The number of piperidine rings is 1. The van der Waals surface area contributed by atoms with Crippen LogP contribution in [0.1, 0.15) is 37.4 Å². The maximum atomic E-state index is 13.0. The van der Waals surface area contributed by atoms with Gasteiger partial charge in [0.1, 0.15) is 0 Å². The number of carbonyl (C=O) groups excluding carboxylic acids is 1. The second-order valence-corrected chi connectivity index (χ2v) is 7.37. The Morgan fingerprint density at radius 1 is 1.07 bits per heavy atom. The lowest BCUT2D eigenvalue weighted by molar-refractivity contribution is -0.135. The van der Waals surface area contributed by atoms with E-state index in [4.69, 9.17) is 0 Å². The van der Waals surface area contributed by atoms with Crippen molar-refractivity contribution in [3.05, 3.63) is 58.8 Å². The van der Waals surface area contributed by atoms with E-state index in [9.17, 15) is 9.59 Å². The molecule has 27 heavy (non-hydrogen) atoms. The molecule has 0 aliphatic carbocycles. The zero-order chi connectivity index (χ0) is 19.0. The summed E-state index contributed by atoms with van der Waals surface area (Å²) in [5.74, 6) is 0.126. The molecule has 1 amide bonds. The first-order valence-electron chi connectivity index (χ1n) is 9.63. The number of carbonyl (C=O) groups is 1. The van der Waals surface area contributed by atoms with Crippen LogP contribution in [0.2, 0.25) is 0 Å². The molecule has 1 fully saturated rings. The van der Waals surface area contributed by atoms with Gasteiger partial charge in [0.2, 0.25) is 5.91 Å². The molecule has 0 radical (unpaired) electrons. The smallest absolute Gasteiger partial charge is 0.328 e. The fraction of sp³-hybridized carbons (Fsp3) is 0.429. The Morgan fingerprint density at radius 2 is 1.85 bits per heavy atom. The summed E-state index contributed by atoms with van der Waals surface area (Å²) in [5.41, 5.74) is 2.90. The molecule has 2 aromatic heterocycles. The van der Waals surface area contributed by atoms with E-state index in [1.54, 1.807) is 16.2 Å². The molecule has 3 heterocycles. The summed E-state index contributed by atoms with van der Waals surface area (Å²) in [6, 6.07) is 12.0. The predicted molar refractivity (Wildman–Crippen MR) is 106 cm³/mol. The van der Waals surface area contributed by atoms with Gasteiger partial charge in [-0.2, -0.15) is 0 Å². The molecule has 1 saturated heterocycles. The van der Waals surface area contributed by atoms with E-state index in [2.05, 4.69) is 10.6 Å². The molecule has 1 aliphatic rings. The molecule has 1 aromatic carbocycles. The van der Waals surface area contributed by atoms with E-state index in [0.29, 0.717) is 13.0 Å². The summed E-state index contributed by atoms with van der Waals surface area (Å²) in [5, 5.41) is 0. The lowest BCUT2D eigenvalue weighted by Gasteiger charge is -2.36. The van der Waals surface area contributed by atoms with Gasteiger partial charge in [0.25, 0.3) is 0 Å². The molecule has 0 N–H and O–H groups in total. The number of aryl methyl sites for hydroxylation is 3. The summed E-state index contributed by atoms with van der Waals surface area (Å²) in [6.07, 6.45) is 5.55. The second kappa shape index (κ2) is 7.10. The average Bonchev–Trinajstić information content (AvgIpc) is 3.22. The first-order chi connectivity index (χ1) is 13.1. The molecule has 3 aromatic rings.